The third-order valence-electron chi connectivity index (χ3n) is 16.6. The van der Waals surface area contributed by atoms with E-state index in [0.29, 0.717) is 32.1 Å². The van der Waals surface area contributed by atoms with Crippen molar-refractivity contribution in [1.29, 1.82) is 0 Å². The van der Waals surface area contributed by atoms with E-state index < -0.39 is 97.5 Å². The van der Waals surface area contributed by atoms with Crippen molar-refractivity contribution in [3.05, 3.63) is 134 Å². The van der Waals surface area contributed by atoms with Crippen molar-refractivity contribution in [3.8, 4) is 0 Å². The fraction of sp³-hybridized carbons (Fsp3) is 0.694. The first-order valence-corrected chi connectivity index (χ1v) is 43.4. The minimum absolute atomic E-state index is 0.0308. The minimum atomic E-state index is -5.00. The summed E-state index contributed by atoms with van der Waals surface area (Å²) in [7, 11) is -9.99. The third kappa shape index (κ3) is 75.4. The maximum absolute atomic E-state index is 13.1. The minimum Gasteiger partial charge on any atom is -0.462 e. The summed E-state index contributed by atoms with van der Waals surface area (Å²) < 4.78 is 68.5. The summed E-state index contributed by atoms with van der Waals surface area (Å²) in [6, 6.07) is 0. The second kappa shape index (κ2) is 76.4. The van der Waals surface area contributed by atoms with Crippen LogP contribution in [0.3, 0.4) is 0 Å². The van der Waals surface area contributed by atoms with Gasteiger partial charge in [0.25, 0.3) is 0 Å². The summed E-state index contributed by atoms with van der Waals surface area (Å²) in [6.07, 6.45) is 85.8. The summed E-state index contributed by atoms with van der Waals surface area (Å²) >= 11 is 0. The van der Waals surface area contributed by atoms with Crippen molar-refractivity contribution in [1.82, 2.24) is 0 Å². The molecule has 5 atom stereocenters. The standard InChI is InChI=1S/C85H144O17P2/c1-5-9-13-17-21-25-29-33-36-38-39-41-43-47-50-54-58-62-66-70-83(88)96-76-81(102-85(90)72-68-64-60-56-52-48-44-40-37-34-30-26-22-18-14-10-6-2)78-100-104(93,94)98-74-79(86)73-97-103(91,92)99-77-80(101-84(89)71-67-63-59-55-51-45-32-28-24-20-16-12-8-4)75-95-82(87)69-65-61-57-53-49-46-42-35-31-27-23-19-15-11-7-3/h9-10,13-14,16,20-22,25-26,28,32-34,36-37,39,41,47,50,58,62,79-81,86H,5-8,11-12,15,17-19,23-24,27,29-31,35,38,40,42-46,48-49,51-57,59-61,63-78H2,1-4H3,(H,91,92)(H,93,94)/b13-9-,14-10-,20-16-,25-21-,26-22-,32-28-,36-33-,37-34-,41-39-,50-47-,62-58-. The summed E-state index contributed by atoms with van der Waals surface area (Å²) in [6.45, 7) is 4.50. The lowest BCUT2D eigenvalue weighted by Crippen LogP contribution is -2.30. The molecule has 0 spiro atoms. The van der Waals surface area contributed by atoms with Gasteiger partial charge >= 0.3 is 39.5 Å². The maximum atomic E-state index is 13.1. The molecule has 0 aromatic carbocycles. The number of carbonyl (C=O) groups is 4. The number of unbranched alkanes of at least 4 members (excludes halogenated alkanes) is 27. The Hall–Kier alpha value is -4.80. The molecule has 0 bridgehead atoms. The maximum Gasteiger partial charge on any atom is 0.472 e. The van der Waals surface area contributed by atoms with Gasteiger partial charge in [-0.1, -0.05) is 309 Å². The Balaban J connectivity index is 5.43. The van der Waals surface area contributed by atoms with Crippen LogP contribution in [0, 0.1) is 0 Å². The number of phosphoric ester groups is 2. The van der Waals surface area contributed by atoms with E-state index in [0.717, 1.165) is 167 Å². The van der Waals surface area contributed by atoms with Crippen molar-refractivity contribution >= 4 is 39.5 Å². The molecule has 0 radical (unpaired) electrons. The monoisotopic (exact) mass is 1500 g/mol. The van der Waals surface area contributed by atoms with Gasteiger partial charge in [0.05, 0.1) is 26.4 Å². The molecule has 0 aromatic heterocycles. The first-order chi connectivity index (χ1) is 50.7. The molecule has 0 aromatic rings. The number of ether oxygens (including phenoxy) is 4. The van der Waals surface area contributed by atoms with E-state index in [1.165, 1.54) is 70.6 Å². The predicted octanol–water partition coefficient (Wildman–Crippen LogP) is 23.7. The van der Waals surface area contributed by atoms with Gasteiger partial charge in [-0.05, 0) is 122 Å². The number of hydrogen-bond donors (Lipinski definition) is 3. The van der Waals surface area contributed by atoms with Gasteiger partial charge < -0.3 is 33.8 Å². The van der Waals surface area contributed by atoms with Crippen molar-refractivity contribution in [2.24, 2.45) is 0 Å². The van der Waals surface area contributed by atoms with Crippen molar-refractivity contribution in [3.63, 3.8) is 0 Å². The van der Waals surface area contributed by atoms with Crippen LogP contribution < -0.4 is 0 Å². The highest BCUT2D eigenvalue weighted by atomic mass is 31.2. The Labute approximate surface area is 631 Å². The van der Waals surface area contributed by atoms with E-state index >= 15 is 0 Å². The van der Waals surface area contributed by atoms with Gasteiger partial charge in [-0.15, -0.1) is 0 Å². The van der Waals surface area contributed by atoms with E-state index in [-0.39, 0.29) is 25.7 Å². The van der Waals surface area contributed by atoms with Crippen molar-refractivity contribution in [2.75, 3.05) is 39.6 Å². The Morgan fingerprint density at radius 2 is 0.538 bits per heavy atom. The van der Waals surface area contributed by atoms with Crippen LogP contribution in [0.25, 0.3) is 0 Å². The van der Waals surface area contributed by atoms with Crippen LogP contribution in [-0.4, -0.2) is 96.7 Å². The van der Waals surface area contributed by atoms with E-state index in [4.69, 9.17) is 37.0 Å². The molecule has 0 aliphatic heterocycles. The van der Waals surface area contributed by atoms with Gasteiger partial charge in [-0.25, -0.2) is 9.13 Å². The van der Waals surface area contributed by atoms with Gasteiger partial charge in [-0.2, -0.15) is 0 Å². The van der Waals surface area contributed by atoms with Crippen molar-refractivity contribution < 1.29 is 80.2 Å². The first kappa shape index (κ1) is 99.2. The smallest absolute Gasteiger partial charge is 0.462 e. The van der Waals surface area contributed by atoms with Crippen LogP contribution in [0.2, 0.25) is 0 Å². The molecule has 19 heteroatoms. The molecule has 0 aliphatic carbocycles. The molecule has 0 saturated heterocycles. The summed E-state index contributed by atoms with van der Waals surface area (Å²) in [5, 5.41) is 10.6. The summed E-state index contributed by atoms with van der Waals surface area (Å²) in [4.78, 5) is 73.0. The molecule has 3 N–H and O–H groups in total. The number of allylic oxidation sites excluding steroid dienone is 22. The Morgan fingerprint density at radius 3 is 0.865 bits per heavy atom. The molecule has 596 valence electrons. The number of carbonyl (C=O) groups excluding carboxylic acids is 4. The molecule has 0 saturated carbocycles. The van der Waals surface area contributed by atoms with E-state index in [1.807, 2.05) is 18.2 Å². The molecule has 0 fully saturated rings. The third-order valence-corrected chi connectivity index (χ3v) is 18.5. The number of hydrogen-bond acceptors (Lipinski definition) is 15. The zero-order valence-electron chi connectivity index (χ0n) is 65.2. The average Bonchev–Trinajstić information content (AvgIpc) is 0.911. The molecule has 104 heavy (non-hydrogen) atoms. The van der Waals surface area contributed by atoms with Gasteiger partial charge in [0, 0.05) is 25.7 Å². The first-order valence-electron chi connectivity index (χ1n) is 40.4. The van der Waals surface area contributed by atoms with Crippen LogP contribution >= 0.6 is 15.6 Å². The highest BCUT2D eigenvalue weighted by Crippen LogP contribution is 2.45. The normalized spacial score (nSPS) is 14.6. The van der Waals surface area contributed by atoms with Gasteiger partial charge in [0.15, 0.2) is 12.2 Å². The SMILES string of the molecule is CC/C=C\C/C=C\C/C=C\C/C=C\C/C=C\C/C=C\CCC(=O)OCC(COP(=O)(O)OCC(O)COP(=O)(O)OCC(COC(=O)CCCCCCCCCCCCCCCCC)OC(=O)CCCCCCC/C=C\C/C=C\CCC)OC(=O)CCCCCCCCC/C=C\C/C=C\C/C=C\CC. The summed E-state index contributed by atoms with van der Waals surface area (Å²) in [5.74, 6) is -2.29. The van der Waals surface area contributed by atoms with Crippen LogP contribution in [0.1, 0.15) is 323 Å². The van der Waals surface area contributed by atoms with E-state index in [1.54, 1.807) is 0 Å². The molecule has 0 rings (SSSR count). The number of rotatable bonds is 75. The molecule has 5 unspecified atom stereocenters. The van der Waals surface area contributed by atoms with Crippen LogP contribution in [0.4, 0.5) is 0 Å². The van der Waals surface area contributed by atoms with Gasteiger partial charge in [0.2, 0.25) is 0 Å². The Bertz CT molecular complexity index is 2490. The molecule has 0 amide bonds. The largest absolute Gasteiger partial charge is 0.472 e. The second-order valence-electron chi connectivity index (χ2n) is 26.6. The average molecular weight is 1500 g/mol. The van der Waals surface area contributed by atoms with Gasteiger partial charge in [0.1, 0.15) is 19.3 Å². The highest BCUT2D eigenvalue weighted by molar-refractivity contribution is 7.47. The molecule has 0 heterocycles. The quantitative estimate of drug-likeness (QED) is 0.0169. The lowest BCUT2D eigenvalue weighted by molar-refractivity contribution is -0.161. The zero-order valence-corrected chi connectivity index (χ0v) is 66.9. The van der Waals surface area contributed by atoms with E-state index in [9.17, 15) is 43.2 Å². The van der Waals surface area contributed by atoms with Gasteiger partial charge in [-0.3, -0.25) is 37.3 Å². The number of aliphatic hydroxyl groups excluding tert-OH is 1. The molecular weight excluding hydrogens is 1350 g/mol. The number of aliphatic hydroxyl groups is 1. The van der Waals surface area contributed by atoms with E-state index in [2.05, 4.69) is 143 Å². The zero-order chi connectivity index (χ0) is 76.0. The highest BCUT2D eigenvalue weighted by Gasteiger charge is 2.30. The lowest BCUT2D eigenvalue weighted by Gasteiger charge is -2.21. The number of phosphoric acid groups is 2. The topological polar surface area (TPSA) is 237 Å². The fourth-order valence-electron chi connectivity index (χ4n) is 10.5. The van der Waals surface area contributed by atoms with Crippen LogP contribution in [-0.2, 0) is 65.4 Å². The molecular formula is C85H144O17P2. The van der Waals surface area contributed by atoms with Crippen LogP contribution in [0.5, 0.6) is 0 Å². The number of esters is 4. The molecule has 17 nitrogen and oxygen atoms in total. The predicted molar refractivity (Wildman–Crippen MR) is 427 cm³/mol. The summed E-state index contributed by atoms with van der Waals surface area (Å²) in [5.41, 5.74) is 0. The van der Waals surface area contributed by atoms with Crippen molar-refractivity contribution in [2.45, 2.75) is 341 Å². The van der Waals surface area contributed by atoms with Crippen LogP contribution in [0.15, 0.2) is 134 Å². The second-order valence-corrected chi connectivity index (χ2v) is 29.5. The Kier molecular flexibility index (Phi) is 72.9. The fourth-order valence-corrected chi connectivity index (χ4v) is 12.1. The lowest BCUT2D eigenvalue weighted by atomic mass is 10.0. The molecule has 0 aliphatic rings. The Morgan fingerprint density at radius 1 is 0.279 bits per heavy atom.